The van der Waals surface area contributed by atoms with Crippen molar-refractivity contribution in [2.45, 2.75) is 25.4 Å². The Bertz CT molecular complexity index is 1530. The summed E-state index contributed by atoms with van der Waals surface area (Å²) >= 11 is 0. The minimum atomic E-state index is -0.966. The summed E-state index contributed by atoms with van der Waals surface area (Å²) in [5.41, 5.74) is 1.27. The highest BCUT2D eigenvalue weighted by molar-refractivity contribution is 5.84. The van der Waals surface area contributed by atoms with Crippen LogP contribution in [0.3, 0.4) is 0 Å². The van der Waals surface area contributed by atoms with Crippen molar-refractivity contribution in [3.8, 4) is 11.5 Å². The van der Waals surface area contributed by atoms with E-state index in [-0.39, 0.29) is 0 Å². The molecule has 2 aromatic heterocycles. The van der Waals surface area contributed by atoms with Gasteiger partial charge in [-0.05, 0) is 48.9 Å². The van der Waals surface area contributed by atoms with Crippen molar-refractivity contribution >= 4 is 21.9 Å². The minimum Gasteiger partial charge on any atom is -0.496 e. The second kappa shape index (κ2) is 8.48. The Morgan fingerprint density at radius 2 is 1.26 bits per heavy atom. The standard InChI is InChI=1S/C26H22O8/c1-13(2)22-25(20-16(29-3)9-5-14-7-11-18(27)31-23(14)20)34-26(33-22)21-17(30-4)10-6-15-8-12-19(28)32-24(15)21/h5-12,22,25-26H,1H2,2-4H3. The van der Waals surface area contributed by atoms with E-state index in [0.29, 0.717) is 50.1 Å². The van der Waals surface area contributed by atoms with Crippen molar-refractivity contribution < 1.29 is 27.8 Å². The van der Waals surface area contributed by atoms with Crippen molar-refractivity contribution in [2.75, 3.05) is 14.2 Å². The molecule has 1 saturated heterocycles. The molecule has 8 heteroatoms. The number of fused-ring (bicyclic) bond motifs is 2. The van der Waals surface area contributed by atoms with Crippen molar-refractivity contribution in [1.82, 2.24) is 0 Å². The molecular formula is C26H22O8. The van der Waals surface area contributed by atoms with Crippen LogP contribution in [0.15, 0.2) is 79.1 Å². The highest BCUT2D eigenvalue weighted by Crippen LogP contribution is 2.49. The third kappa shape index (κ3) is 3.57. The maximum absolute atomic E-state index is 12.1. The molecule has 0 saturated carbocycles. The molecule has 34 heavy (non-hydrogen) atoms. The second-order valence-electron chi connectivity index (χ2n) is 8.00. The smallest absolute Gasteiger partial charge is 0.336 e. The lowest BCUT2D eigenvalue weighted by molar-refractivity contribution is -0.0670. The zero-order valence-corrected chi connectivity index (χ0v) is 18.8. The molecule has 8 nitrogen and oxygen atoms in total. The lowest BCUT2D eigenvalue weighted by Gasteiger charge is -2.20. The predicted molar refractivity (Wildman–Crippen MR) is 124 cm³/mol. The fraction of sp³-hybridized carbons (Fsp3) is 0.231. The number of methoxy groups -OCH3 is 2. The molecule has 0 N–H and O–H groups in total. The largest absolute Gasteiger partial charge is 0.496 e. The first-order chi connectivity index (χ1) is 16.4. The first-order valence-corrected chi connectivity index (χ1v) is 10.6. The van der Waals surface area contributed by atoms with Crippen LogP contribution in [0.4, 0.5) is 0 Å². The quantitative estimate of drug-likeness (QED) is 0.312. The molecular weight excluding hydrogens is 440 g/mol. The molecule has 0 aliphatic carbocycles. The molecule has 3 unspecified atom stereocenters. The van der Waals surface area contributed by atoms with Gasteiger partial charge in [-0.1, -0.05) is 6.58 Å². The maximum atomic E-state index is 12.1. The summed E-state index contributed by atoms with van der Waals surface area (Å²) in [5.74, 6) is 0.906. The summed E-state index contributed by atoms with van der Waals surface area (Å²) in [6.07, 6.45) is -2.32. The van der Waals surface area contributed by atoms with Gasteiger partial charge in [-0.2, -0.15) is 0 Å². The van der Waals surface area contributed by atoms with Crippen LogP contribution in [0, 0.1) is 0 Å². The summed E-state index contributed by atoms with van der Waals surface area (Å²) in [5, 5.41) is 1.39. The van der Waals surface area contributed by atoms with Gasteiger partial charge < -0.3 is 27.8 Å². The lowest BCUT2D eigenvalue weighted by Crippen LogP contribution is -2.17. The van der Waals surface area contributed by atoms with Gasteiger partial charge in [0, 0.05) is 22.9 Å². The Balaban J connectivity index is 1.71. The topological polar surface area (TPSA) is 97.3 Å². The van der Waals surface area contributed by atoms with E-state index >= 15 is 0 Å². The molecule has 174 valence electrons. The van der Waals surface area contributed by atoms with Crippen LogP contribution < -0.4 is 20.7 Å². The molecule has 0 radical (unpaired) electrons. The second-order valence-corrected chi connectivity index (χ2v) is 8.00. The van der Waals surface area contributed by atoms with Crippen LogP contribution in [0.25, 0.3) is 21.9 Å². The van der Waals surface area contributed by atoms with Gasteiger partial charge in [0.25, 0.3) is 0 Å². The van der Waals surface area contributed by atoms with Crippen LogP contribution in [-0.4, -0.2) is 20.3 Å². The summed E-state index contributed by atoms with van der Waals surface area (Å²) in [6, 6.07) is 13.2. The van der Waals surface area contributed by atoms with Gasteiger partial charge in [-0.15, -0.1) is 0 Å². The summed E-state index contributed by atoms with van der Waals surface area (Å²) < 4.78 is 34.9. The van der Waals surface area contributed by atoms with E-state index in [1.54, 1.807) is 36.4 Å². The van der Waals surface area contributed by atoms with E-state index in [0.717, 1.165) is 0 Å². The van der Waals surface area contributed by atoms with Gasteiger partial charge in [0.15, 0.2) is 6.29 Å². The Morgan fingerprint density at radius 1 is 0.765 bits per heavy atom. The number of hydrogen-bond donors (Lipinski definition) is 0. The molecule has 1 aliphatic heterocycles. The molecule has 3 heterocycles. The van der Waals surface area contributed by atoms with Gasteiger partial charge in [-0.3, -0.25) is 0 Å². The van der Waals surface area contributed by atoms with Crippen LogP contribution in [0.2, 0.25) is 0 Å². The zero-order chi connectivity index (χ0) is 24.0. The Labute approximate surface area is 193 Å². The van der Waals surface area contributed by atoms with Gasteiger partial charge in [0.05, 0.1) is 25.3 Å². The minimum absolute atomic E-state index is 0.300. The summed E-state index contributed by atoms with van der Waals surface area (Å²) in [4.78, 5) is 24.1. The molecule has 3 atom stereocenters. The van der Waals surface area contributed by atoms with Crippen LogP contribution in [0.1, 0.15) is 30.4 Å². The lowest BCUT2D eigenvalue weighted by atomic mass is 9.97. The monoisotopic (exact) mass is 462 g/mol. The van der Waals surface area contributed by atoms with Crippen molar-refractivity contribution in [1.29, 1.82) is 0 Å². The fourth-order valence-electron chi connectivity index (χ4n) is 4.29. The molecule has 1 aliphatic rings. The molecule has 5 rings (SSSR count). The Kier molecular flexibility index (Phi) is 5.47. The number of hydrogen-bond acceptors (Lipinski definition) is 8. The third-order valence-electron chi connectivity index (χ3n) is 5.84. The predicted octanol–water partition coefficient (Wildman–Crippen LogP) is 4.65. The van der Waals surface area contributed by atoms with Gasteiger partial charge in [-0.25, -0.2) is 9.59 Å². The molecule has 0 spiro atoms. The first-order valence-electron chi connectivity index (χ1n) is 10.6. The van der Waals surface area contributed by atoms with Crippen LogP contribution in [-0.2, 0) is 9.47 Å². The molecule has 4 aromatic rings. The van der Waals surface area contributed by atoms with Gasteiger partial charge >= 0.3 is 11.3 Å². The van der Waals surface area contributed by atoms with Crippen molar-refractivity contribution in [3.05, 3.63) is 92.7 Å². The first kappa shape index (κ1) is 21.9. The number of ether oxygens (including phenoxy) is 4. The van der Waals surface area contributed by atoms with Crippen LogP contribution >= 0.6 is 0 Å². The Hall–Kier alpha value is -3.88. The number of rotatable bonds is 5. The maximum Gasteiger partial charge on any atom is 0.336 e. The highest BCUT2D eigenvalue weighted by Gasteiger charge is 2.43. The van der Waals surface area contributed by atoms with Crippen molar-refractivity contribution in [3.63, 3.8) is 0 Å². The summed E-state index contributed by atoms with van der Waals surface area (Å²) in [7, 11) is 3.04. The van der Waals surface area contributed by atoms with Crippen molar-refractivity contribution in [2.24, 2.45) is 0 Å². The third-order valence-corrected chi connectivity index (χ3v) is 5.84. The Morgan fingerprint density at radius 3 is 1.79 bits per heavy atom. The van der Waals surface area contributed by atoms with E-state index < -0.39 is 29.7 Å². The average molecular weight is 462 g/mol. The molecule has 0 amide bonds. The molecule has 1 fully saturated rings. The van der Waals surface area contributed by atoms with Crippen LogP contribution in [0.5, 0.6) is 11.5 Å². The number of benzene rings is 2. The van der Waals surface area contributed by atoms with E-state index in [1.165, 1.54) is 26.4 Å². The fourth-order valence-corrected chi connectivity index (χ4v) is 4.29. The summed E-state index contributed by atoms with van der Waals surface area (Å²) in [6.45, 7) is 5.89. The zero-order valence-electron chi connectivity index (χ0n) is 18.8. The van der Waals surface area contributed by atoms with E-state index in [1.807, 2.05) is 6.92 Å². The average Bonchev–Trinajstić information content (AvgIpc) is 3.27. The van der Waals surface area contributed by atoms with E-state index in [9.17, 15) is 9.59 Å². The van der Waals surface area contributed by atoms with E-state index in [4.69, 9.17) is 27.8 Å². The normalized spacial score (nSPS) is 20.0. The highest BCUT2D eigenvalue weighted by atomic mass is 16.7. The van der Waals surface area contributed by atoms with E-state index in [2.05, 4.69) is 6.58 Å². The van der Waals surface area contributed by atoms with Gasteiger partial charge in [0.1, 0.15) is 34.9 Å². The van der Waals surface area contributed by atoms with Gasteiger partial charge in [0.2, 0.25) is 0 Å². The molecule has 2 aromatic carbocycles. The SMILES string of the molecule is C=C(C)C1OC(c2c(OC)ccc3ccc(=O)oc23)OC1c1c(OC)ccc2ccc(=O)oc12. The molecule has 0 bridgehead atoms.